The van der Waals surface area contributed by atoms with E-state index in [1.165, 1.54) is 0 Å². The SMILES string of the molecule is CC(C)(C)OC(=O)NC1CC(Oc2ccc(C(C)(C)c3ccc(Oc4cnc(C(C)(C)O)nc4)cc3)cc2)C1. The van der Waals surface area contributed by atoms with E-state index in [4.69, 9.17) is 14.2 Å². The Hall–Kier alpha value is -3.65. The van der Waals surface area contributed by atoms with Gasteiger partial charge < -0.3 is 24.6 Å². The molecule has 0 saturated heterocycles. The fourth-order valence-corrected chi connectivity index (χ4v) is 4.32. The number of nitrogens with zero attached hydrogens (tertiary/aromatic N) is 2. The summed E-state index contributed by atoms with van der Waals surface area (Å²) in [7, 11) is 0. The van der Waals surface area contributed by atoms with Gasteiger partial charge in [0.05, 0.1) is 12.4 Å². The zero-order valence-electron chi connectivity index (χ0n) is 23.8. The van der Waals surface area contributed by atoms with Crippen molar-refractivity contribution < 1.29 is 24.1 Å². The minimum absolute atomic E-state index is 0.0769. The van der Waals surface area contributed by atoms with Gasteiger partial charge in [-0.2, -0.15) is 0 Å². The molecule has 1 aromatic heterocycles. The zero-order valence-corrected chi connectivity index (χ0v) is 23.8. The number of amides is 1. The molecule has 0 radical (unpaired) electrons. The molecule has 0 aliphatic heterocycles. The number of hydrogen-bond acceptors (Lipinski definition) is 7. The highest BCUT2D eigenvalue weighted by atomic mass is 16.6. The van der Waals surface area contributed by atoms with Crippen LogP contribution in [0.5, 0.6) is 17.2 Å². The summed E-state index contributed by atoms with van der Waals surface area (Å²) < 4.78 is 17.3. The molecule has 0 spiro atoms. The van der Waals surface area contributed by atoms with Gasteiger partial charge in [-0.1, -0.05) is 38.1 Å². The molecule has 4 rings (SSSR count). The molecule has 1 fully saturated rings. The highest BCUT2D eigenvalue weighted by Crippen LogP contribution is 2.35. The third kappa shape index (κ3) is 7.47. The summed E-state index contributed by atoms with van der Waals surface area (Å²) in [5.41, 5.74) is 0.477. The Morgan fingerprint density at radius 2 is 1.33 bits per heavy atom. The Balaban J connectivity index is 1.30. The Labute approximate surface area is 230 Å². The first-order valence-corrected chi connectivity index (χ1v) is 13.3. The van der Waals surface area contributed by atoms with Crippen LogP contribution >= 0.6 is 0 Å². The van der Waals surface area contributed by atoms with Crippen molar-refractivity contribution in [3.8, 4) is 17.2 Å². The average molecular weight is 534 g/mol. The van der Waals surface area contributed by atoms with Crippen LogP contribution in [0.15, 0.2) is 60.9 Å². The molecule has 1 aliphatic carbocycles. The lowest BCUT2D eigenvalue weighted by Gasteiger charge is -2.36. The Morgan fingerprint density at radius 1 is 0.821 bits per heavy atom. The number of hydrogen-bond donors (Lipinski definition) is 2. The number of aromatic nitrogens is 2. The topological polar surface area (TPSA) is 103 Å². The van der Waals surface area contributed by atoms with Crippen LogP contribution in [-0.2, 0) is 15.8 Å². The maximum atomic E-state index is 11.9. The van der Waals surface area contributed by atoms with E-state index in [0.717, 1.165) is 29.7 Å². The third-order valence-electron chi connectivity index (χ3n) is 6.68. The van der Waals surface area contributed by atoms with Crippen LogP contribution in [0.4, 0.5) is 4.79 Å². The van der Waals surface area contributed by atoms with Gasteiger partial charge >= 0.3 is 6.09 Å². The van der Waals surface area contributed by atoms with E-state index in [9.17, 15) is 9.90 Å². The van der Waals surface area contributed by atoms with Crippen LogP contribution in [0.25, 0.3) is 0 Å². The lowest BCUT2D eigenvalue weighted by molar-refractivity contribution is 0.0362. The highest BCUT2D eigenvalue weighted by Gasteiger charge is 2.33. The molecule has 0 unspecified atom stereocenters. The summed E-state index contributed by atoms with van der Waals surface area (Å²) in [5, 5.41) is 12.9. The van der Waals surface area contributed by atoms with E-state index in [1.54, 1.807) is 26.2 Å². The van der Waals surface area contributed by atoms with Gasteiger partial charge in [0.25, 0.3) is 0 Å². The number of carbonyl (C=O) groups excluding carboxylic acids is 1. The van der Waals surface area contributed by atoms with Gasteiger partial charge in [-0.25, -0.2) is 14.8 Å². The molecule has 1 aliphatic rings. The maximum Gasteiger partial charge on any atom is 0.407 e. The van der Waals surface area contributed by atoms with Crippen LogP contribution in [0.2, 0.25) is 0 Å². The highest BCUT2D eigenvalue weighted by molar-refractivity contribution is 5.68. The second kappa shape index (κ2) is 10.8. The minimum Gasteiger partial charge on any atom is -0.490 e. The van der Waals surface area contributed by atoms with E-state index in [1.807, 2.05) is 45.0 Å². The molecular formula is C31H39N3O5. The molecule has 8 heteroatoms. The molecule has 1 saturated carbocycles. The van der Waals surface area contributed by atoms with Gasteiger partial charge in [0, 0.05) is 24.3 Å². The quantitative estimate of drug-likeness (QED) is 0.352. The standard InChI is InChI=1S/C31H39N3O5/c1-29(2,3)39-28(35)34-22-16-25(17-22)37-23-12-8-20(9-13-23)30(4,5)21-10-14-24(15-11-21)38-26-18-32-27(33-19-26)31(6,7)36/h8-15,18-19,22,25,36H,16-17H2,1-7H3,(H,34,35). The summed E-state index contributed by atoms with van der Waals surface area (Å²) in [6.07, 6.45) is 4.33. The van der Waals surface area contributed by atoms with E-state index in [-0.39, 0.29) is 23.7 Å². The van der Waals surface area contributed by atoms with Crippen LogP contribution in [0.1, 0.15) is 78.3 Å². The van der Waals surface area contributed by atoms with Gasteiger partial charge in [-0.15, -0.1) is 0 Å². The van der Waals surface area contributed by atoms with Crippen molar-refractivity contribution >= 4 is 6.09 Å². The Kier molecular flexibility index (Phi) is 7.89. The maximum absolute atomic E-state index is 11.9. The number of aliphatic hydroxyl groups is 1. The molecule has 208 valence electrons. The molecule has 0 atom stereocenters. The lowest BCUT2D eigenvalue weighted by Crippen LogP contribution is -2.50. The number of rotatable bonds is 8. The third-order valence-corrected chi connectivity index (χ3v) is 6.68. The molecule has 3 aromatic rings. The van der Waals surface area contributed by atoms with E-state index < -0.39 is 11.2 Å². The van der Waals surface area contributed by atoms with Crippen molar-refractivity contribution in [1.82, 2.24) is 15.3 Å². The molecule has 0 bridgehead atoms. The summed E-state index contributed by atoms with van der Waals surface area (Å²) in [6.45, 7) is 13.2. The first kappa shape index (κ1) is 28.4. The van der Waals surface area contributed by atoms with E-state index in [0.29, 0.717) is 17.3 Å². The second-order valence-electron chi connectivity index (χ2n) is 12.1. The van der Waals surface area contributed by atoms with Crippen LogP contribution in [0.3, 0.4) is 0 Å². The summed E-state index contributed by atoms with van der Waals surface area (Å²) in [4.78, 5) is 20.3. The Morgan fingerprint density at radius 3 is 1.82 bits per heavy atom. The van der Waals surface area contributed by atoms with Crippen molar-refractivity contribution in [3.05, 3.63) is 77.9 Å². The summed E-state index contributed by atoms with van der Waals surface area (Å²) >= 11 is 0. The van der Waals surface area contributed by atoms with Crippen molar-refractivity contribution in [2.24, 2.45) is 0 Å². The van der Waals surface area contributed by atoms with E-state index in [2.05, 4.69) is 53.4 Å². The van der Waals surface area contributed by atoms with Crippen molar-refractivity contribution in [2.45, 2.75) is 90.1 Å². The number of carbonyl (C=O) groups is 1. The summed E-state index contributed by atoms with van der Waals surface area (Å²) in [5.74, 6) is 2.34. The first-order chi connectivity index (χ1) is 18.2. The average Bonchev–Trinajstić information content (AvgIpc) is 2.82. The predicted octanol–water partition coefficient (Wildman–Crippen LogP) is 6.26. The molecule has 1 amide bonds. The van der Waals surface area contributed by atoms with Gasteiger partial charge in [0.1, 0.15) is 28.8 Å². The molecule has 8 nitrogen and oxygen atoms in total. The monoisotopic (exact) mass is 533 g/mol. The fraction of sp³-hybridized carbons (Fsp3) is 0.452. The van der Waals surface area contributed by atoms with Gasteiger partial charge in [-0.3, -0.25) is 0 Å². The molecule has 2 N–H and O–H groups in total. The van der Waals surface area contributed by atoms with Crippen molar-refractivity contribution in [2.75, 3.05) is 0 Å². The van der Waals surface area contributed by atoms with Gasteiger partial charge in [0.2, 0.25) is 0 Å². The van der Waals surface area contributed by atoms with Crippen LogP contribution < -0.4 is 14.8 Å². The second-order valence-corrected chi connectivity index (χ2v) is 12.1. The fourth-order valence-electron chi connectivity index (χ4n) is 4.32. The molecular weight excluding hydrogens is 494 g/mol. The van der Waals surface area contributed by atoms with Gasteiger partial charge in [0.15, 0.2) is 11.6 Å². The largest absolute Gasteiger partial charge is 0.490 e. The number of ether oxygens (including phenoxy) is 3. The number of nitrogens with one attached hydrogen (secondary N) is 1. The smallest absolute Gasteiger partial charge is 0.407 e. The lowest BCUT2D eigenvalue weighted by atomic mass is 9.78. The van der Waals surface area contributed by atoms with Crippen molar-refractivity contribution in [3.63, 3.8) is 0 Å². The molecule has 39 heavy (non-hydrogen) atoms. The van der Waals surface area contributed by atoms with Crippen LogP contribution in [0, 0.1) is 0 Å². The number of benzene rings is 2. The van der Waals surface area contributed by atoms with Crippen LogP contribution in [-0.4, -0.2) is 38.9 Å². The minimum atomic E-state index is -1.10. The van der Waals surface area contributed by atoms with Crippen molar-refractivity contribution in [1.29, 1.82) is 0 Å². The predicted molar refractivity (Wildman–Crippen MR) is 149 cm³/mol. The zero-order chi connectivity index (χ0) is 28.4. The normalized spacial score (nSPS) is 17.6. The number of alkyl carbamates (subject to hydrolysis) is 1. The van der Waals surface area contributed by atoms with E-state index >= 15 is 0 Å². The van der Waals surface area contributed by atoms with Gasteiger partial charge in [-0.05, 0) is 70.0 Å². The molecule has 2 aromatic carbocycles. The summed E-state index contributed by atoms with van der Waals surface area (Å²) in [6, 6.07) is 16.2. The Bertz CT molecular complexity index is 1250. The first-order valence-electron chi connectivity index (χ1n) is 13.3. The molecule has 1 heterocycles.